The maximum Gasteiger partial charge on any atom is 0.158 e. The van der Waals surface area contributed by atoms with Crippen molar-refractivity contribution in [1.82, 2.24) is 19.7 Å². The molecule has 118 valence electrons. The molecule has 5 nitrogen and oxygen atoms in total. The highest BCUT2D eigenvalue weighted by atomic mass is 32.2. The van der Waals surface area contributed by atoms with E-state index in [1.54, 1.807) is 25.2 Å². The third-order valence-electron chi connectivity index (χ3n) is 3.38. The van der Waals surface area contributed by atoms with Crippen LogP contribution in [-0.2, 0) is 5.75 Å². The topological polar surface area (TPSA) is 52.8 Å². The molecule has 0 atom stereocenters. The molecule has 0 amide bonds. The molecule has 0 saturated heterocycles. The van der Waals surface area contributed by atoms with Crippen molar-refractivity contribution in [3.05, 3.63) is 59.7 Å². The number of hydrogen-bond donors (Lipinski definition) is 0. The maximum absolute atomic E-state index is 5.25. The SMILES string of the molecule is COc1cccc(CSc2cc(-n3nc(C)cc3C)ncn2)c1. The van der Waals surface area contributed by atoms with Gasteiger partial charge in [0, 0.05) is 17.5 Å². The molecule has 0 fully saturated rings. The molecule has 0 aliphatic rings. The zero-order chi connectivity index (χ0) is 16.2. The Morgan fingerprint density at radius 2 is 2.00 bits per heavy atom. The molecule has 0 aliphatic heterocycles. The van der Waals surface area contributed by atoms with Gasteiger partial charge in [-0.25, -0.2) is 14.6 Å². The average Bonchev–Trinajstić information content (AvgIpc) is 2.92. The number of thioether (sulfide) groups is 1. The molecule has 0 bridgehead atoms. The fourth-order valence-electron chi connectivity index (χ4n) is 2.31. The van der Waals surface area contributed by atoms with Crippen LogP contribution in [0.25, 0.3) is 5.82 Å². The average molecular weight is 326 g/mol. The van der Waals surface area contributed by atoms with Crippen LogP contribution in [0.15, 0.2) is 47.8 Å². The summed E-state index contributed by atoms with van der Waals surface area (Å²) in [5.41, 5.74) is 3.23. The molecule has 1 aromatic carbocycles. The van der Waals surface area contributed by atoms with E-state index in [1.807, 2.05) is 48.9 Å². The van der Waals surface area contributed by atoms with Crippen molar-refractivity contribution in [3.8, 4) is 11.6 Å². The van der Waals surface area contributed by atoms with E-state index in [2.05, 4.69) is 21.1 Å². The molecule has 0 spiro atoms. The van der Waals surface area contributed by atoms with Crippen LogP contribution in [0.1, 0.15) is 17.0 Å². The third-order valence-corrected chi connectivity index (χ3v) is 4.37. The van der Waals surface area contributed by atoms with E-state index in [0.29, 0.717) is 0 Å². The molecular weight excluding hydrogens is 308 g/mol. The van der Waals surface area contributed by atoms with Gasteiger partial charge in [0.15, 0.2) is 5.82 Å². The highest BCUT2D eigenvalue weighted by molar-refractivity contribution is 7.98. The van der Waals surface area contributed by atoms with E-state index < -0.39 is 0 Å². The molecule has 2 heterocycles. The molecular formula is C17H18N4OS. The molecule has 0 saturated carbocycles. The number of methoxy groups -OCH3 is 1. The van der Waals surface area contributed by atoms with Crippen LogP contribution in [0.3, 0.4) is 0 Å². The summed E-state index contributed by atoms with van der Waals surface area (Å²) in [6.45, 7) is 3.99. The zero-order valence-corrected chi connectivity index (χ0v) is 14.2. The fraction of sp³-hybridized carbons (Fsp3) is 0.235. The lowest BCUT2D eigenvalue weighted by molar-refractivity contribution is 0.414. The van der Waals surface area contributed by atoms with Crippen molar-refractivity contribution in [3.63, 3.8) is 0 Å². The Morgan fingerprint density at radius 3 is 2.74 bits per heavy atom. The lowest BCUT2D eigenvalue weighted by Gasteiger charge is -2.06. The van der Waals surface area contributed by atoms with E-state index in [0.717, 1.165) is 33.7 Å². The van der Waals surface area contributed by atoms with E-state index in [1.165, 1.54) is 5.56 Å². The van der Waals surface area contributed by atoms with E-state index >= 15 is 0 Å². The molecule has 0 unspecified atom stereocenters. The van der Waals surface area contributed by atoms with Gasteiger partial charge in [-0.1, -0.05) is 12.1 Å². The fourth-order valence-corrected chi connectivity index (χ4v) is 3.11. The Morgan fingerprint density at radius 1 is 1.13 bits per heavy atom. The van der Waals surface area contributed by atoms with Crippen molar-refractivity contribution < 1.29 is 4.74 Å². The van der Waals surface area contributed by atoms with Crippen LogP contribution in [0.4, 0.5) is 0 Å². The zero-order valence-electron chi connectivity index (χ0n) is 13.4. The van der Waals surface area contributed by atoms with Gasteiger partial charge in [0.25, 0.3) is 0 Å². The first-order valence-electron chi connectivity index (χ1n) is 7.27. The number of nitrogens with zero attached hydrogens (tertiary/aromatic N) is 4. The first-order chi connectivity index (χ1) is 11.2. The van der Waals surface area contributed by atoms with Crippen LogP contribution in [0.5, 0.6) is 5.75 Å². The van der Waals surface area contributed by atoms with Crippen LogP contribution < -0.4 is 4.74 Å². The smallest absolute Gasteiger partial charge is 0.158 e. The summed E-state index contributed by atoms with van der Waals surface area (Å²) < 4.78 is 7.09. The maximum atomic E-state index is 5.25. The Kier molecular flexibility index (Phi) is 4.62. The van der Waals surface area contributed by atoms with Gasteiger partial charge in [0.05, 0.1) is 12.8 Å². The van der Waals surface area contributed by atoms with E-state index in [4.69, 9.17) is 4.74 Å². The highest BCUT2D eigenvalue weighted by Gasteiger charge is 2.07. The number of aromatic nitrogens is 4. The van der Waals surface area contributed by atoms with Gasteiger partial charge in [-0.05, 0) is 37.6 Å². The van der Waals surface area contributed by atoms with Crippen LogP contribution >= 0.6 is 11.8 Å². The quantitative estimate of drug-likeness (QED) is 0.530. The second kappa shape index (κ2) is 6.83. The van der Waals surface area contributed by atoms with Gasteiger partial charge < -0.3 is 4.74 Å². The summed E-state index contributed by atoms with van der Waals surface area (Å²) in [4.78, 5) is 8.66. The third kappa shape index (κ3) is 3.71. The van der Waals surface area contributed by atoms with E-state index in [9.17, 15) is 0 Å². The predicted molar refractivity (Wildman–Crippen MR) is 91.2 cm³/mol. The molecule has 2 aromatic heterocycles. The summed E-state index contributed by atoms with van der Waals surface area (Å²) in [5.74, 6) is 2.48. The summed E-state index contributed by atoms with van der Waals surface area (Å²) in [5, 5.41) is 5.38. The Balaban J connectivity index is 1.76. The van der Waals surface area contributed by atoms with Gasteiger partial charge in [-0.2, -0.15) is 5.10 Å². The minimum atomic E-state index is 0.791. The van der Waals surface area contributed by atoms with Crippen LogP contribution in [-0.4, -0.2) is 26.9 Å². The molecule has 0 aliphatic carbocycles. The minimum Gasteiger partial charge on any atom is -0.497 e. The summed E-state index contributed by atoms with van der Waals surface area (Å²) in [7, 11) is 1.68. The first kappa shape index (κ1) is 15.6. The van der Waals surface area contributed by atoms with Crippen molar-refractivity contribution in [2.24, 2.45) is 0 Å². The van der Waals surface area contributed by atoms with E-state index in [-0.39, 0.29) is 0 Å². The van der Waals surface area contributed by atoms with Gasteiger partial charge in [-0.15, -0.1) is 11.8 Å². The Bertz CT molecular complexity index is 816. The Labute approximate surface area is 139 Å². The lowest BCUT2D eigenvalue weighted by atomic mass is 10.2. The van der Waals surface area contributed by atoms with Gasteiger partial charge in [-0.3, -0.25) is 0 Å². The van der Waals surface area contributed by atoms with Gasteiger partial charge in [0.2, 0.25) is 0 Å². The van der Waals surface area contributed by atoms with Gasteiger partial charge >= 0.3 is 0 Å². The van der Waals surface area contributed by atoms with Crippen molar-refractivity contribution in [1.29, 1.82) is 0 Å². The lowest BCUT2D eigenvalue weighted by Crippen LogP contribution is -2.02. The molecule has 6 heteroatoms. The number of aryl methyl sites for hydroxylation is 2. The summed E-state index contributed by atoms with van der Waals surface area (Å²) in [6.07, 6.45) is 1.58. The van der Waals surface area contributed by atoms with Crippen molar-refractivity contribution in [2.75, 3.05) is 7.11 Å². The molecule has 3 aromatic rings. The first-order valence-corrected chi connectivity index (χ1v) is 8.25. The largest absolute Gasteiger partial charge is 0.497 e. The van der Waals surface area contributed by atoms with Crippen LogP contribution in [0.2, 0.25) is 0 Å². The number of ether oxygens (including phenoxy) is 1. The second-order valence-electron chi connectivity index (χ2n) is 5.19. The molecule has 23 heavy (non-hydrogen) atoms. The Hall–Kier alpha value is -2.34. The monoisotopic (exact) mass is 326 g/mol. The summed E-state index contributed by atoms with van der Waals surface area (Å²) >= 11 is 1.67. The number of benzene rings is 1. The summed E-state index contributed by atoms with van der Waals surface area (Å²) in [6, 6.07) is 12.1. The van der Waals surface area contributed by atoms with Crippen molar-refractivity contribution in [2.45, 2.75) is 24.6 Å². The standard InChI is InChI=1S/C17H18N4OS/c1-12-7-13(2)21(20-12)16-9-17(19-11-18-16)23-10-14-5-4-6-15(8-14)22-3/h4-9,11H,10H2,1-3H3. The van der Waals surface area contributed by atoms with Gasteiger partial charge in [0.1, 0.15) is 17.1 Å². The molecule has 3 rings (SSSR count). The van der Waals surface area contributed by atoms with Crippen LogP contribution in [0, 0.1) is 13.8 Å². The molecule has 0 N–H and O–H groups in total. The predicted octanol–water partition coefficient (Wildman–Crippen LogP) is 3.58. The minimum absolute atomic E-state index is 0.791. The molecule has 0 radical (unpaired) electrons. The normalized spacial score (nSPS) is 10.7. The highest BCUT2D eigenvalue weighted by Crippen LogP contribution is 2.24. The number of rotatable bonds is 5. The number of hydrogen-bond acceptors (Lipinski definition) is 5. The second-order valence-corrected chi connectivity index (χ2v) is 6.19. The van der Waals surface area contributed by atoms with Crippen molar-refractivity contribution >= 4 is 11.8 Å².